The molecule has 19 heavy (non-hydrogen) atoms. The van der Waals surface area contributed by atoms with Gasteiger partial charge in [0.1, 0.15) is 11.9 Å². The Labute approximate surface area is 110 Å². The molecular formula is C14H15FN2O2. The fraction of sp³-hybridized carbons (Fsp3) is 0.286. The van der Waals surface area contributed by atoms with Crippen molar-refractivity contribution < 1.29 is 14.2 Å². The van der Waals surface area contributed by atoms with E-state index < -0.39 is 6.10 Å². The highest BCUT2D eigenvalue weighted by Gasteiger charge is 2.12. The molecule has 4 nitrogen and oxygen atoms in total. The van der Waals surface area contributed by atoms with Gasteiger partial charge in [-0.2, -0.15) is 0 Å². The first-order valence-electron chi connectivity index (χ1n) is 5.91. The van der Waals surface area contributed by atoms with Gasteiger partial charge in [-0.25, -0.2) is 4.39 Å². The van der Waals surface area contributed by atoms with Crippen LogP contribution in [0.1, 0.15) is 22.9 Å². The van der Waals surface area contributed by atoms with Crippen molar-refractivity contribution in [1.29, 1.82) is 0 Å². The van der Waals surface area contributed by atoms with Crippen molar-refractivity contribution in [2.45, 2.75) is 19.4 Å². The van der Waals surface area contributed by atoms with Gasteiger partial charge in [-0.05, 0) is 36.2 Å². The number of hydrogen-bond acceptors (Lipinski definition) is 4. The Morgan fingerprint density at radius 2 is 2.05 bits per heavy atom. The lowest BCUT2D eigenvalue weighted by Crippen LogP contribution is -2.07. The molecule has 0 spiro atoms. The average molecular weight is 262 g/mol. The smallest absolute Gasteiger partial charge is 0.233 e. The number of aryl methyl sites for hydroxylation is 1. The van der Waals surface area contributed by atoms with Crippen LogP contribution >= 0.6 is 0 Å². The summed E-state index contributed by atoms with van der Waals surface area (Å²) < 4.78 is 17.9. The second-order valence-electron chi connectivity index (χ2n) is 4.29. The van der Waals surface area contributed by atoms with E-state index in [1.54, 1.807) is 18.2 Å². The SMILES string of the molecule is COc1ccc(C(O)Cc2ccc(F)cc2C)nn1. The Hall–Kier alpha value is -2.01. The zero-order valence-electron chi connectivity index (χ0n) is 10.8. The quantitative estimate of drug-likeness (QED) is 0.917. The summed E-state index contributed by atoms with van der Waals surface area (Å²) in [5.74, 6) is 0.119. The number of rotatable bonds is 4. The molecule has 1 unspecified atom stereocenters. The van der Waals surface area contributed by atoms with Gasteiger partial charge in [-0.3, -0.25) is 0 Å². The van der Waals surface area contributed by atoms with Crippen molar-refractivity contribution in [3.05, 3.63) is 53.0 Å². The van der Waals surface area contributed by atoms with Crippen LogP contribution in [-0.2, 0) is 6.42 Å². The lowest BCUT2D eigenvalue weighted by molar-refractivity contribution is 0.171. The monoisotopic (exact) mass is 262 g/mol. The summed E-state index contributed by atoms with van der Waals surface area (Å²) >= 11 is 0. The van der Waals surface area contributed by atoms with Crippen molar-refractivity contribution in [2.24, 2.45) is 0 Å². The number of aliphatic hydroxyl groups excluding tert-OH is 1. The second kappa shape index (κ2) is 5.75. The topological polar surface area (TPSA) is 55.2 Å². The normalized spacial score (nSPS) is 12.2. The van der Waals surface area contributed by atoms with E-state index in [0.29, 0.717) is 18.0 Å². The summed E-state index contributed by atoms with van der Waals surface area (Å²) in [6.07, 6.45) is -0.407. The number of hydrogen-bond donors (Lipinski definition) is 1. The minimum Gasteiger partial charge on any atom is -0.480 e. The molecule has 0 amide bonds. The standard InChI is InChI=1S/C14H15FN2O2/c1-9-7-11(15)4-3-10(9)8-13(18)12-5-6-14(19-2)17-16-12/h3-7,13,18H,8H2,1-2H3. The maximum absolute atomic E-state index is 13.0. The third kappa shape index (κ3) is 3.26. The lowest BCUT2D eigenvalue weighted by Gasteiger charge is -2.12. The van der Waals surface area contributed by atoms with E-state index in [2.05, 4.69) is 10.2 Å². The number of aromatic nitrogens is 2. The summed E-state index contributed by atoms with van der Waals surface area (Å²) in [6, 6.07) is 7.81. The zero-order chi connectivity index (χ0) is 13.8. The largest absolute Gasteiger partial charge is 0.480 e. The van der Waals surface area contributed by atoms with Crippen molar-refractivity contribution in [2.75, 3.05) is 7.11 Å². The van der Waals surface area contributed by atoms with Gasteiger partial charge in [-0.1, -0.05) is 6.07 Å². The molecule has 0 saturated carbocycles. The van der Waals surface area contributed by atoms with Gasteiger partial charge in [0.15, 0.2) is 0 Å². The molecule has 1 aromatic carbocycles. The first-order chi connectivity index (χ1) is 9.10. The van der Waals surface area contributed by atoms with Crippen LogP contribution in [0.2, 0.25) is 0 Å². The van der Waals surface area contributed by atoms with E-state index in [1.165, 1.54) is 19.2 Å². The summed E-state index contributed by atoms with van der Waals surface area (Å²) in [6.45, 7) is 1.81. The molecule has 0 radical (unpaired) electrons. The predicted molar refractivity (Wildman–Crippen MR) is 68.4 cm³/mol. The molecule has 0 aliphatic heterocycles. The Balaban J connectivity index is 2.13. The van der Waals surface area contributed by atoms with Gasteiger partial charge in [0.2, 0.25) is 5.88 Å². The highest BCUT2D eigenvalue weighted by Crippen LogP contribution is 2.20. The average Bonchev–Trinajstić information content (AvgIpc) is 2.42. The molecule has 0 fully saturated rings. The third-order valence-corrected chi connectivity index (χ3v) is 2.93. The molecule has 1 heterocycles. The van der Waals surface area contributed by atoms with E-state index >= 15 is 0 Å². The van der Waals surface area contributed by atoms with Gasteiger partial charge >= 0.3 is 0 Å². The Kier molecular flexibility index (Phi) is 4.06. The summed E-state index contributed by atoms with van der Waals surface area (Å²) in [7, 11) is 1.50. The van der Waals surface area contributed by atoms with Gasteiger partial charge in [0.05, 0.1) is 12.8 Å². The first-order valence-corrected chi connectivity index (χ1v) is 5.91. The van der Waals surface area contributed by atoms with Crippen LogP contribution in [0.4, 0.5) is 4.39 Å². The Morgan fingerprint density at radius 3 is 2.63 bits per heavy atom. The van der Waals surface area contributed by atoms with Crippen molar-refractivity contribution in [3.63, 3.8) is 0 Å². The molecule has 1 atom stereocenters. The molecular weight excluding hydrogens is 247 g/mol. The van der Waals surface area contributed by atoms with Crippen molar-refractivity contribution in [1.82, 2.24) is 10.2 Å². The van der Waals surface area contributed by atoms with Crippen LogP contribution in [-0.4, -0.2) is 22.4 Å². The van der Waals surface area contributed by atoms with Gasteiger partial charge in [0.25, 0.3) is 0 Å². The molecule has 0 aliphatic rings. The van der Waals surface area contributed by atoms with Gasteiger partial charge in [0, 0.05) is 12.5 Å². The van der Waals surface area contributed by atoms with Crippen LogP contribution in [0.5, 0.6) is 5.88 Å². The molecule has 1 N–H and O–H groups in total. The number of nitrogens with zero attached hydrogens (tertiary/aromatic N) is 2. The molecule has 2 aromatic rings. The zero-order valence-corrected chi connectivity index (χ0v) is 10.8. The summed E-state index contributed by atoms with van der Waals surface area (Å²) in [4.78, 5) is 0. The molecule has 1 aromatic heterocycles. The minimum absolute atomic E-state index is 0.278. The van der Waals surface area contributed by atoms with Crippen LogP contribution in [0, 0.1) is 12.7 Å². The summed E-state index contributed by atoms with van der Waals surface area (Å²) in [5.41, 5.74) is 2.15. The van der Waals surface area contributed by atoms with E-state index in [1.807, 2.05) is 6.92 Å². The molecule has 5 heteroatoms. The Morgan fingerprint density at radius 1 is 1.26 bits per heavy atom. The van der Waals surface area contributed by atoms with Crippen LogP contribution < -0.4 is 4.74 Å². The molecule has 0 saturated heterocycles. The number of methoxy groups -OCH3 is 1. The van der Waals surface area contributed by atoms with Crippen LogP contribution in [0.25, 0.3) is 0 Å². The van der Waals surface area contributed by atoms with Crippen molar-refractivity contribution in [3.8, 4) is 5.88 Å². The van der Waals surface area contributed by atoms with Crippen LogP contribution in [0.15, 0.2) is 30.3 Å². The van der Waals surface area contributed by atoms with E-state index in [0.717, 1.165) is 11.1 Å². The highest BCUT2D eigenvalue weighted by molar-refractivity contribution is 5.28. The maximum Gasteiger partial charge on any atom is 0.233 e. The van der Waals surface area contributed by atoms with E-state index in [9.17, 15) is 9.50 Å². The predicted octanol–water partition coefficient (Wildman–Crippen LogP) is 2.21. The second-order valence-corrected chi connectivity index (χ2v) is 4.29. The lowest BCUT2D eigenvalue weighted by atomic mass is 10.0. The van der Waals surface area contributed by atoms with Gasteiger partial charge in [-0.15, -0.1) is 10.2 Å². The van der Waals surface area contributed by atoms with E-state index in [-0.39, 0.29) is 5.82 Å². The molecule has 100 valence electrons. The number of benzene rings is 1. The molecule has 0 bridgehead atoms. The number of ether oxygens (including phenoxy) is 1. The van der Waals surface area contributed by atoms with E-state index in [4.69, 9.17) is 4.74 Å². The third-order valence-electron chi connectivity index (χ3n) is 2.93. The minimum atomic E-state index is -0.775. The van der Waals surface area contributed by atoms with Gasteiger partial charge < -0.3 is 9.84 Å². The molecule has 0 aliphatic carbocycles. The Bertz CT molecular complexity index is 558. The fourth-order valence-electron chi connectivity index (χ4n) is 1.82. The first kappa shape index (κ1) is 13.4. The maximum atomic E-state index is 13.0. The van der Waals surface area contributed by atoms with Crippen molar-refractivity contribution >= 4 is 0 Å². The fourth-order valence-corrected chi connectivity index (χ4v) is 1.82. The highest BCUT2D eigenvalue weighted by atomic mass is 19.1. The number of aliphatic hydroxyl groups is 1. The summed E-state index contributed by atoms with van der Waals surface area (Å²) in [5, 5.41) is 17.8. The molecule has 2 rings (SSSR count). The number of halogens is 1. The van der Waals surface area contributed by atoms with Crippen LogP contribution in [0.3, 0.4) is 0 Å².